The highest BCUT2D eigenvalue weighted by molar-refractivity contribution is 7.99. The zero-order chi connectivity index (χ0) is 50.7. The van der Waals surface area contributed by atoms with Gasteiger partial charge in [0.05, 0.1) is 40.7 Å². The van der Waals surface area contributed by atoms with Crippen LogP contribution in [-0.2, 0) is 25.3 Å². The second-order valence-electron chi connectivity index (χ2n) is 19.6. The van der Waals surface area contributed by atoms with E-state index in [0.29, 0.717) is 40.1 Å². The van der Waals surface area contributed by atoms with Gasteiger partial charge in [-0.3, -0.25) is 9.24 Å². The number of carboxylic acids is 1. The van der Waals surface area contributed by atoms with Crippen LogP contribution in [0.15, 0.2) is 131 Å². The normalized spacial score (nSPS) is 18.6. The second kappa shape index (κ2) is 22.2. The number of hydrogen-bond acceptors (Lipinski definition) is 10. The van der Waals surface area contributed by atoms with Crippen molar-refractivity contribution in [2.75, 3.05) is 85.4 Å². The SMILES string of the molecule is Cc1c(C(=O)O)c(-c2cccc(N3CCN(c4ccc(N5CCO[P@]5(=O)c5ccc(C[C@H](CCN6CCC(O)CC6)CSc6ccccc6)c(S(C)(=O)=O)c5)cc4)CC3)c2)c(-c2ccc(Cl)cc2)n1C(C)C. The molecule has 5 aromatic carbocycles. The van der Waals surface area contributed by atoms with E-state index in [2.05, 4.69) is 57.4 Å². The summed E-state index contributed by atoms with van der Waals surface area (Å²) in [6, 6.07) is 39.3. The van der Waals surface area contributed by atoms with Gasteiger partial charge in [0.15, 0.2) is 9.84 Å². The molecule has 16 heteroatoms. The van der Waals surface area contributed by atoms with E-state index >= 15 is 4.57 Å². The van der Waals surface area contributed by atoms with E-state index in [0.717, 1.165) is 110 Å². The van der Waals surface area contributed by atoms with Crippen LogP contribution in [0.2, 0.25) is 5.02 Å². The van der Waals surface area contributed by atoms with Crippen LogP contribution in [0, 0.1) is 12.8 Å². The molecule has 0 bridgehead atoms. The first kappa shape index (κ1) is 51.8. The highest BCUT2D eigenvalue weighted by atomic mass is 35.5. The molecule has 0 aliphatic carbocycles. The van der Waals surface area contributed by atoms with Gasteiger partial charge in [-0.15, -0.1) is 11.8 Å². The van der Waals surface area contributed by atoms with Crippen LogP contribution in [-0.4, -0.2) is 111 Å². The lowest BCUT2D eigenvalue weighted by Crippen LogP contribution is -2.46. The highest BCUT2D eigenvalue weighted by Crippen LogP contribution is 2.56. The number of piperazine rings is 1. The van der Waals surface area contributed by atoms with Gasteiger partial charge >= 0.3 is 13.5 Å². The number of hydrogen-bond donors (Lipinski definition) is 2. The van der Waals surface area contributed by atoms with Gasteiger partial charge in [-0.25, -0.2) is 13.2 Å². The molecule has 3 aliphatic heterocycles. The average molecular weight is 1050 g/mol. The maximum Gasteiger partial charge on any atom is 0.338 e. The van der Waals surface area contributed by atoms with Crippen molar-refractivity contribution >= 4 is 69.1 Å². The molecular formula is C56H65ClN5O7PS2. The molecule has 4 heterocycles. The van der Waals surface area contributed by atoms with E-state index in [1.807, 2.05) is 91.9 Å². The number of aromatic nitrogens is 1. The van der Waals surface area contributed by atoms with Crippen LogP contribution in [0.1, 0.15) is 60.8 Å². The third kappa shape index (κ3) is 11.4. The van der Waals surface area contributed by atoms with Crippen LogP contribution < -0.4 is 19.8 Å². The first-order valence-electron chi connectivity index (χ1n) is 25.0. The predicted octanol–water partition coefficient (Wildman–Crippen LogP) is 10.9. The molecule has 2 atom stereocenters. The molecule has 2 N–H and O–H groups in total. The summed E-state index contributed by atoms with van der Waals surface area (Å²) in [6.45, 7) is 12.2. The Hall–Kier alpha value is -5.05. The zero-order valence-electron chi connectivity index (χ0n) is 41.5. The molecule has 0 amide bonds. The quantitative estimate of drug-likeness (QED) is 0.0665. The molecule has 72 heavy (non-hydrogen) atoms. The summed E-state index contributed by atoms with van der Waals surface area (Å²) in [5, 5.41) is 21.6. The monoisotopic (exact) mass is 1050 g/mol. The molecule has 9 rings (SSSR count). The van der Waals surface area contributed by atoms with Crippen LogP contribution in [0.3, 0.4) is 0 Å². The first-order valence-corrected chi connectivity index (χ1v) is 29.8. The fourth-order valence-corrected chi connectivity index (χ4v) is 15.2. The number of halogens is 1. The second-order valence-corrected chi connectivity index (χ2v) is 25.4. The fourth-order valence-electron chi connectivity index (χ4n) is 10.7. The molecule has 0 unspecified atom stereocenters. The van der Waals surface area contributed by atoms with Gasteiger partial charge in [0.1, 0.15) is 0 Å². The summed E-state index contributed by atoms with van der Waals surface area (Å²) in [7, 11) is -7.37. The number of nitrogens with zero attached hydrogens (tertiary/aromatic N) is 5. The van der Waals surface area contributed by atoms with E-state index in [1.54, 1.807) is 28.6 Å². The predicted molar refractivity (Wildman–Crippen MR) is 294 cm³/mol. The van der Waals surface area contributed by atoms with Gasteiger partial charge in [0.25, 0.3) is 0 Å². The number of likely N-dealkylation sites (tertiary alicyclic amines) is 1. The summed E-state index contributed by atoms with van der Waals surface area (Å²) in [5.74, 6) is 0.0327. The van der Waals surface area contributed by atoms with Gasteiger partial charge in [-0.1, -0.05) is 60.1 Å². The molecular weight excluding hydrogens is 985 g/mol. The standard InChI is InChI=1S/C56H65ClN5O7PS2/c1-39(2)62-40(3)53(56(64)65)54(55(62)42-13-16-45(57)17-14-42)44-9-8-10-48(36-44)60-31-29-59(30-32-60)46-18-20-47(21-19-46)61-33-34-69-70(61,66)50-22-15-43(52(37-50)72(4,67)68)35-41(38-71-51-11-6-5-7-12-51)23-26-58-27-24-49(63)25-28-58/h5-22,36-37,39,41,49,63H,23-35,38H2,1-4H3,(H,64,65)/t41-,70+/m0/s1. The van der Waals surface area contributed by atoms with Gasteiger partial charge < -0.3 is 34.0 Å². The maximum absolute atomic E-state index is 15.0. The number of anilines is 3. The average Bonchev–Trinajstić information content (AvgIpc) is 3.93. The minimum absolute atomic E-state index is 0.0194. The van der Waals surface area contributed by atoms with Gasteiger partial charge in [0.2, 0.25) is 0 Å². The first-order chi connectivity index (χ1) is 34.6. The third-order valence-electron chi connectivity index (χ3n) is 14.4. The molecule has 3 saturated heterocycles. The summed E-state index contributed by atoms with van der Waals surface area (Å²) in [4.78, 5) is 21.4. The largest absolute Gasteiger partial charge is 0.478 e. The molecule has 0 radical (unpaired) electrons. The Kier molecular flexibility index (Phi) is 16.0. The van der Waals surface area contributed by atoms with Crippen molar-refractivity contribution < 1.29 is 32.5 Å². The summed E-state index contributed by atoms with van der Waals surface area (Å²) >= 11 is 8.07. The summed E-state index contributed by atoms with van der Waals surface area (Å²) in [6.07, 6.45) is 3.96. The number of carboxylic acid groups (broad SMARTS) is 1. The van der Waals surface area contributed by atoms with E-state index in [1.165, 1.54) is 11.2 Å². The Morgan fingerprint density at radius 1 is 0.806 bits per heavy atom. The van der Waals surface area contributed by atoms with Crippen molar-refractivity contribution in [3.8, 4) is 22.4 Å². The van der Waals surface area contributed by atoms with Crippen molar-refractivity contribution in [3.05, 3.63) is 143 Å². The molecule has 6 aromatic rings. The van der Waals surface area contributed by atoms with Crippen LogP contribution in [0.25, 0.3) is 22.4 Å². The number of aliphatic hydroxyl groups excluding tert-OH is 1. The van der Waals surface area contributed by atoms with Gasteiger partial charge in [0, 0.05) is 95.6 Å². The number of benzene rings is 5. The van der Waals surface area contributed by atoms with Crippen molar-refractivity contribution in [2.45, 2.75) is 68.4 Å². The van der Waals surface area contributed by atoms with Crippen molar-refractivity contribution in [2.24, 2.45) is 5.92 Å². The van der Waals surface area contributed by atoms with E-state index in [4.69, 9.17) is 16.1 Å². The molecule has 0 spiro atoms. The summed E-state index contributed by atoms with van der Waals surface area (Å²) in [5.41, 5.74) is 7.79. The van der Waals surface area contributed by atoms with Gasteiger partial charge in [-0.05, 0) is 148 Å². The van der Waals surface area contributed by atoms with E-state index < -0.39 is 23.3 Å². The number of aromatic carboxylic acids is 1. The number of sulfone groups is 1. The molecule has 1 aromatic heterocycles. The molecule has 3 aliphatic rings. The molecule has 3 fully saturated rings. The van der Waals surface area contributed by atoms with Gasteiger partial charge in [-0.2, -0.15) is 0 Å². The number of piperidine rings is 1. The topological polar surface area (TPSA) is 136 Å². The van der Waals surface area contributed by atoms with Crippen molar-refractivity contribution in [1.82, 2.24) is 9.47 Å². The lowest BCUT2D eigenvalue weighted by molar-refractivity contribution is 0.0696. The van der Waals surface area contributed by atoms with Crippen molar-refractivity contribution in [3.63, 3.8) is 0 Å². The number of aliphatic hydroxyl groups is 1. The van der Waals surface area contributed by atoms with Crippen LogP contribution >= 0.6 is 30.9 Å². The third-order valence-corrected chi connectivity index (χ3v) is 19.6. The molecule has 0 saturated carbocycles. The van der Waals surface area contributed by atoms with E-state index in [9.17, 15) is 23.4 Å². The zero-order valence-corrected chi connectivity index (χ0v) is 44.8. The molecule has 380 valence electrons. The maximum atomic E-state index is 15.0. The minimum Gasteiger partial charge on any atom is -0.478 e. The Morgan fingerprint density at radius 3 is 2.12 bits per heavy atom. The van der Waals surface area contributed by atoms with Crippen LogP contribution in [0.5, 0.6) is 0 Å². The Bertz CT molecular complexity index is 3030. The number of thioether (sulfide) groups is 1. The molecule has 12 nitrogen and oxygen atoms in total. The number of rotatable bonds is 17. The lowest BCUT2D eigenvalue weighted by Gasteiger charge is -2.37. The lowest BCUT2D eigenvalue weighted by atomic mass is 9.96. The van der Waals surface area contributed by atoms with Crippen molar-refractivity contribution in [1.29, 1.82) is 0 Å². The number of carbonyl (C=O) groups is 1. The Labute approximate surface area is 434 Å². The Morgan fingerprint density at radius 2 is 1.47 bits per heavy atom. The fraction of sp³-hybridized carbons (Fsp3) is 0.375. The minimum atomic E-state index is -3.70. The highest BCUT2D eigenvalue weighted by Gasteiger charge is 2.40. The van der Waals surface area contributed by atoms with Crippen LogP contribution in [0.4, 0.5) is 17.1 Å². The summed E-state index contributed by atoms with van der Waals surface area (Å²) < 4.78 is 52.1. The Balaban J connectivity index is 0.896. The smallest absolute Gasteiger partial charge is 0.338 e. The van der Waals surface area contributed by atoms with E-state index in [-0.39, 0.29) is 29.6 Å².